The maximum atomic E-state index is 12.7. The number of nitrogens with one attached hydrogen (secondary N) is 1. The number of fused-ring (bicyclic) bond motifs is 2. The Hall–Kier alpha value is -3.49. The highest BCUT2D eigenvalue weighted by Gasteiger charge is 2.36. The molecule has 150 valence electrons. The SMILES string of the molecule is CCOC(=O)c1n[nH]c2c1CN(C(=O)CCN1C(=O)c3ccccc3C1=O)CC2. The fourth-order valence-electron chi connectivity index (χ4n) is 3.68. The van der Waals surface area contributed by atoms with Gasteiger partial charge in [-0.05, 0) is 19.1 Å². The third-order valence-electron chi connectivity index (χ3n) is 5.18. The second-order valence-electron chi connectivity index (χ2n) is 6.87. The number of esters is 1. The molecule has 0 fully saturated rings. The third-order valence-corrected chi connectivity index (χ3v) is 5.18. The number of nitrogens with zero attached hydrogens (tertiary/aromatic N) is 3. The summed E-state index contributed by atoms with van der Waals surface area (Å²) in [5.74, 6) is -1.47. The van der Waals surface area contributed by atoms with Crippen LogP contribution in [-0.2, 0) is 22.5 Å². The van der Waals surface area contributed by atoms with Gasteiger partial charge in [-0.1, -0.05) is 12.1 Å². The monoisotopic (exact) mass is 396 g/mol. The zero-order chi connectivity index (χ0) is 20.5. The number of hydrogen-bond acceptors (Lipinski definition) is 6. The van der Waals surface area contributed by atoms with Gasteiger partial charge in [0.15, 0.2) is 5.69 Å². The molecule has 1 aromatic heterocycles. The van der Waals surface area contributed by atoms with Gasteiger partial charge < -0.3 is 9.64 Å². The normalized spacial score (nSPS) is 15.3. The van der Waals surface area contributed by atoms with E-state index in [1.165, 1.54) is 0 Å². The number of aromatic amines is 1. The first-order chi connectivity index (χ1) is 14.0. The lowest BCUT2D eigenvalue weighted by Crippen LogP contribution is -2.39. The van der Waals surface area contributed by atoms with Crippen molar-refractivity contribution in [2.75, 3.05) is 19.7 Å². The molecule has 3 heterocycles. The van der Waals surface area contributed by atoms with E-state index >= 15 is 0 Å². The predicted octanol–water partition coefficient (Wildman–Crippen LogP) is 1.16. The van der Waals surface area contributed by atoms with Crippen molar-refractivity contribution < 1.29 is 23.9 Å². The van der Waals surface area contributed by atoms with Crippen LogP contribution >= 0.6 is 0 Å². The number of carbonyl (C=O) groups excluding carboxylic acids is 4. The Morgan fingerprint density at radius 1 is 1.17 bits per heavy atom. The lowest BCUT2D eigenvalue weighted by atomic mass is 10.0. The highest BCUT2D eigenvalue weighted by Crippen LogP contribution is 2.24. The summed E-state index contributed by atoms with van der Waals surface area (Å²) in [6, 6.07) is 6.63. The Morgan fingerprint density at radius 3 is 2.52 bits per heavy atom. The van der Waals surface area contributed by atoms with Gasteiger partial charge in [0.05, 0.1) is 17.7 Å². The van der Waals surface area contributed by atoms with Crippen LogP contribution in [0.2, 0.25) is 0 Å². The Bertz CT molecular complexity index is 977. The molecule has 0 unspecified atom stereocenters. The van der Waals surface area contributed by atoms with Gasteiger partial charge in [-0.15, -0.1) is 0 Å². The van der Waals surface area contributed by atoms with E-state index in [9.17, 15) is 19.2 Å². The summed E-state index contributed by atoms with van der Waals surface area (Å²) in [5.41, 5.74) is 2.40. The fourth-order valence-corrected chi connectivity index (χ4v) is 3.68. The van der Waals surface area contributed by atoms with E-state index in [0.717, 1.165) is 10.6 Å². The molecule has 2 aromatic rings. The third kappa shape index (κ3) is 3.28. The molecule has 0 saturated heterocycles. The van der Waals surface area contributed by atoms with Crippen LogP contribution in [0.3, 0.4) is 0 Å². The van der Waals surface area contributed by atoms with Gasteiger partial charge in [-0.2, -0.15) is 5.10 Å². The molecule has 29 heavy (non-hydrogen) atoms. The van der Waals surface area contributed by atoms with Crippen LogP contribution in [0.4, 0.5) is 0 Å². The number of rotatable bonds is 5. The van der Waals surface area contributed by atoms with Crippen molar-refractivity contribution in [2.24, 2.45) is 0 Å². The minimum absolute atomic E-state index is 0.0185. The minimum Gasteiger partial charge on any atom is -0.461 e. The summed E-state index contributed by atoms with van der Waals surface area (Å²) in [7, 11) is 0. The average molecular weight is 396 g/mol. The van der Waals surface area contributed by atoms with Crippen LogP contribution in [0.1, 0.15) is 55.8 Å². The van der Waals surface area contributed by atoms with E-state index in [1.54, 1.807) is 36.1 Å². The molecule has 1 aromatic carbocycles. The van der Waals surface area contributed by atoms with Crippen molar-refractivity contribution in [3.63, 3.8) is 0 Å². The van der Waals surface area contributed by atoms with E-state index in [2.05, 4.69) is 10.2 Å². The first-order valence-corrected chi connectivity index (χ1v) is 9.47. The van der Waals surface area contributed by atoms with Gasteiger partial charge in [-0.3, -0.25) is 24.4 Å². The molecule has 0 radical (unpaired) electrons. The summed E-state index contributed by atoms with van der Waals surface area (Å²) >= 11 is 0. The topological polar surface area (TPSA) is 113 Å². The predicted molar refractivity (Wildman–Crippen MR) is 100 cm³/mol. The van der Waals surface area contributed by atoms with Gasteiger partial charge in [0.1, 0.15) is 0 Å². The zero-order valence-electron chi connectivity index (χ0n) is 15.9. The van der Waals surface area contributed by atoms with E-state index in [1.807, 2.05) is 0 Å². The smallest absolute Gasteiger partial charge is 0.359 e. The molecule has 0 aliphatic carbocycles. The fraction of sp³-hybridized carbons (Fsp3) is 0.350. The molecule has 2 aliphatic rings. The van der Waals surface area contributed by atoms with Crippen molar-refractivity contribution in [1.29, 1.82) is 0 Å². The Labute approximate surface area is 166 Å². The quantitative estimate of drug-likeness (QED) is 0.599. The molecule has 0 bridgehead atoms. The number of H-pyrrole nitrogens is 1. The number of carbonyl (C=O) groups is 4. The largest absolute Gasteiger partial charge is 0.461 e. The summed E-state index contributed by atoms with van der Waals surface area (Å²) in [6.07, 6.45) is 0.563. The van der Waals surface area contributed by atoms with Crippen LogP contribution in [0, 0.1) is 0 Å². The minimum atomic E-state index is -0.523. The lowest BCUT2D eigenvalue weighted by molar-refractivity contribution is -0.132. The number of benzene rings is 1. The van der Waals surface area contributed by atoms with Gasteiger partial charge in [0.25, 0.3) is 11.8 Å². The molecule has 0 spiro atoms. The lowest BCUT2D eigenvalue weighted by Gasteiger charge is -2.27. The van der Waals surface area contributed by atoms with Crippen molar-refractivity contribution in [2.45, 2.75) is 26.3 Å². The molecular weight excluding hydrogens is 376 g/mol. The van der Waals surface area contributed by atoms with Gasteiger partial charge in [-0.25, -0.2) is 4.79 Å². The first-order valence-electron chi connectivity index (χ1n) is 9.47. The molecule has 1 N–H and O–H groups in total. The highest BCUT2D eigenvalue weighted by atomic mass is 16.5. The van der Waals surface area contributed by atoms with Crippen molar-refractivity contribution in [3.8, 4) is 0 Å². The Kier molecular flexibility index (Phi) is 4.87. The summed E-state index contributed by atoms with van der Waals surface area (Å²) < 4.78 is 5.01. The molecule has 4 rings (SSSR count). The maximum absolute atomic E-state index is 12.7. The zero-order valence-corrected chi connectivity index (χ0v) is 15.9. The first kappa shape index (κ1) is 18.9. The molecular formula is C20H20N4O5. The molecule has 9 nitrogen and oxygen atoms in total. The van der Waals surface area contributed by atoms with Crippen molar-refractivity contribution in [1.82, 2.24) is 20.0 Å². The number of imide groups is 1. The molecule has 2 aliphatic heterocycles. The van der Waals surface area contributed by atoms with Crippen molar-refractivity contribution in [3.05, 3.63) is 52.3 Å². The Balaban J connectivity index is 1.41. The van der Waals surface area contributed by atoms with Crippen molar-refractivity contribution >= 4 is 23.7 Å². The van der Waals surface area contributed by atoms with E-state index in [4.69, 9.17) is 4.74 Å². The maximum Gasteiger partial charge on any atom is 0.359 e. The summed E-state index contributed by atoms with van der Waals surface area (Å²) in [4.78, 5) is 52.3. The summed E-state index contributed by atoms with van der Waals surface area (Å²) in [6.45, 7) is 2.68. The van der Waals surface area contributed by atoms with Crippen LogP contribution < -0.4 is 0 Å². The highest BCUT2D eigenvalue weighted by molar-refractivity contribution is 6.21. The van der Waals surface area contributed by atoms with Gasteiger partial charge >= 0.3 is 5.97 Å². The Morgan fingerprint density at radius 2 is 1.86 bits per heavy atom. The van der Waals surface area contributed by atoms with Crippen LogP contribution in [0.15, 0.2) is 24.3 Å². The van der Waals surface area contributed by atoms with Crippen LogP contribution in [0.5, 0.6) is 0 Å². The molecule has 0 atom stereocenters. The molecule has 3 amide bonds. The van der Waals surface area contributed by atoms with Crippen LogP contribution in [-0.4, -0.2) is 63.4 Å². The number of amides is 3. The molecule has 9 heteroatoms. The van der Waals surface area contributed by atoms with Gasteiger partial charge in [0.2, 0.25) is 5.91 Å². The van der Waals surface area contributed by atoms with Crippen LogP contribution in [0.25, 0.3) is 0 Å². The number of ether oxygens (including phenoxy) is 1. The molecule has 0 saturated carbocycles. The second-order valence-corrected chi connectivity index (χ2v) is 6.87. The standard InChI is InChI=1S/C20H20N4O5/c1-2-29-20(28)17-14-11-23(9-7-15(14)21-22-17)16(25)8-10-24-18(26)12-5-3-4-6-13(12)19(24)27/h3-6H,2,7-11H2,1H3,(H,21,22). The second kappa shape index (κ2) is 7.50. The van der Waals surface area contributed by atoms with E-state index in [-0.39, 0.29) is 49.5 Å². The van der Waals surface area contributed by atoms with Gasteiger partial charge in [0, 0.05) is 43.7 Å². The number of aromatic nitrogens is 2. The van der Waals surface area contributed by atoms with E-state index in [0.29, 0.717) is 29.7 Å². The number of hydrogen-bond donors (Lipinski definition) is 1. The average Bonchev–Trinajstić information content (AvgIpc) is 3.26. The summed E-state index contributed by atoms with van der Waals surface area (Å²) in [5, 5.41) is 6.86. The van der Waals surface area contributed by atoms with E-state index < -0.39 is 5.97 Å².